The van der Waals surface area contributed by atoms with Crippen LogP contribution in [0.1, 0.15) is 46.0 Å². The van der Waals surface area contributed by atoms with E-state index in [4.69, 9.17) is 11.1 Å². The second kappa shape index (κ2) is 6.04. The lowest BCUT2D eigenvalue weighted by molar-refractivity contribution is 0.619. The Morgan fingerprint density at radius 1 is 1.17 bits per heavy atom. The van der Waals surface area contributed by atoms with E-state index in [0.29, 0.717) is 0 Å². The minimum absolute atomic E-state index is 0.774. The lowest BCUT2D eigenvalue weighted by Gasteiger charge is -2.21. The van der Waals surface area contributed by atoms with E-state index in [-0.39, 0.29) is 0 Å². The van der Waals surface area contributed by atoms with E-state index in [0.717, 1.165) is 5.54 Å². The Balaban J connectivity index is 3.38. The van der Waals surface area contributed by atoms with Gasteiger partial charge >= 0.3 is 0 Å². The third-order valence-electron chi connectivity index (χ3n) is 2.66. The van der Waals surface area contributed by atoms with Crippen LogP contribution < -0.4 is 0 Å². The molecule has 0 heterocycles. The van der Waals surface area contributed by atoms with Crippen LogP contribution in [0.15, 0.2) is 0 Å². The molecule has 0 bridgehead atoms. The van der Waals surface area contributed by atoms with E-state index in [2.05, 4.69) is 26.9 Å². The van der Waals surface area contributed by atoms with Crippen LogP contribution in [0.5, 0.6) is 0 Å². The number of rotatable bonds is 6. The molecular formula is C10H23ClSi. The van der Waals surface area contributed by atoms with Crippen LogP contribution >= 0.6 is 11.1 Å². The maximum Gasteiger partial charge on any atom is 0.153 e. The molecule has 0 amide bonds. The van der Waals surface area contributed by atoms with Crippen molar-refractivity contribution in [2.75, 3.05) is 0 Å². The summed E-state index contributed by atoms with van der Waals surface area (Å²) in [5.74, 6) is 0. The minimum atomic E-state index is -1.35. The molecule has 0 saturated carbocycles. The fourth-order valence-electron chi connectivity index (χ4n) is 1.22. The molecule has 0 aliphatic heterocycles. The third-order valence-corrected chi connectivity index (χ3v) is 6.41. The molecule has 0 aromatic rings. The predicted molar refractivity (Wildman–Crippen MR) is 61.5 cm³/mol. The summed E-state index contributed by atoms with van der Waals surface area (Å²) in [6.07, 6.45) is 6.82. The van der Waals surface area contributed by atoms with E-state index in [9.17, 15) is 0 Å². The van der Waals surface area contributed by atoms with Crippen molar-refractivity contribution < 1.29 is 0 Å². The molecule has 1 unspecified atom stereocenters. The van der Waals surface area contributed by atoms with Crippen LogP contribution in [0.4, 0.5) is 0 Å². The molecule has 0 N–H and O–H groups in total. The largest absolute Gasteiger partial charge is 0.167 e. The molecule has 0 saturated heterocycles. The van der Waals surface area contributed by atoms with Gasteiger partial charge in [0, 0.05) is 0 Å². The standard InChI is InChI=1S/C10H23ClSi/c1-5-6-7-8-9-10(2)12(3,4)11/h10H,5-9H2,1-4H3. The fraction of sp³-hybridized carbons (Fsp3) is 1.00. The highest BCUT2D eigenvalue weighted by atomic mass is 35.6. The van der Waals surface area contributed by atoms with Crippen molar-refractivity contribution in [2.24, 2.45) is 0 Å². The molecule has 74 valence electrons. The summed E-state index contributed by atoms with van der Waals surface area (Å²) in [5.41, 5.74) is 0.774. The molecule has 0 nitrogen and oxygen atoms in total. The summed E-state index contributed by atoms with van der Waals surface area (Å²) >= 11 is 6.34. The zero-order valence-electron chi connectivity index (χ0n) is 8.99. The first-order valence-electron chi connectivity index (χ1n) is 5.17. The Hall–Kier alpha value is 0.507. The van der Waals surface area contributed by atoms with Gasteiger partial charge in [-0.25, -0.2) is 0 Å². The molecule has 0 aliphatic rings. The summed E-state index contributed by atoms with van der Waals surface area (Å²) in [7, 11) is -1.35. The number of hydrogen-bond donors (Lipinski definition) is 0. The average molecular weight is 207 g/mol. The second-order valence-electron chi connectivity index (χ2n) is 4.31. The van der Waals surface area contributed by atoms with Gasteiger partial charge in [-0.15, -0.1) is 0 Å². The van der Waals surface area contributed by atoms with Crippen molar-refractivity contribution in [1.29, 1.82) is 0 Å². The molecule has 0 radical (unpaired) electrons. The van der Waals surface area contributed by atoms with Gasteiger partial charge in [0.25, 0.3) is 0 Å². The quantitative estimate of drug-likeness (QED) is 0.333. The maximum absolute atomic E-state index is 6.34. The van der Waals surface area contributed by atoms with Crippen molar-refractivity contribution in [2.45, 2.75) is 64.6 Å². The van der Waals surface area contributed by atoms with Gasteiger partial charge in [0.1, 0.15) is 0 Å². The lowest BCUT2D eigenvalue weighted by Crippen LogP contribution is -2.22. The molecule has 0 fully saturated rings. The van der Waals surface area contributed by atoms with Crippen LogP contribution in [0, 0.1) is 0 Å². The zero-order chi connectivity index (χ0) is 9.61. The first-order valence-corrected chi connectivity index (χ1v) is 9.26. The molecule has 0 spiro atoms. The normalized spacial score (nSPS) is 14.8. The monoisotopic (exact) mass is 206 g/mol. The van der Waals surface area contributed by atoms with Crippen molar-refractivity contribution in [1.82, 2.24) is 0 Å². The Morgan fingerprint density at radius 2 is 1.75 bits per heavy atom. The van der Waals surface area contributed by atoms with E-state index in [1.165, 1.54) is 32.1 Å². The van der Waals surface area contributed by atoms with Gasteiger partial charge in [-0.1, -0.05) is 59.0 Å². The summed E-state index contributed by atoms with van der Waals surface area (Å²) in [6.45, 7) is 9.06. The molecular weight excluding hydrogens is 184 g/mol. The Labute approximate surface area is 83.4 Å². The van der Waals surface area contributed by atoms with Crippen LogP contribution in [0.25, 0.3) is 0 Å². The SMILES string of the molecule is CCCCCCC(C)[Si](C)(C)Cl. The van der Waals surface area contributed by atoms with E-state index >= 15 is 0 Å². The average Bonchev–Trinajstić information content (AvgIpc) is 1.96. The number of hydrogen-bond acceptors (Lipinski definition) is 0. The van der Waals surface area contributed by atoms with Crippen molar-refractivity contribution in [3.8, 4) is 0 Å². The van der Waals surface area contributed by atoms with E-state index < -0.39 is 7.38 Å². The number of halogens is 1. The highest BCUT2D eigenvalue weighted by Gasteiger charge is 2.24. The van der Waals surface area contributed by atoms with E-state index in [1.807, 2.05) is 0 Å². The first-order chi connectivity index (χ1) is 5.48. The predicted octanol–water partition coefficient (Wildman–Crippen LogP) is 4.79. The lowest BCUT2D eigenvalue weighted by atomic mass is 10.1. The van der Waals surface area contributed by atoms with Crippen LogP contribution in [0.3, 0.4) is 0 Å². The molecule has 1 atom stereocenters. The van der Waals surface area contributed by atoms with Gasteiger partial charge in [0.2, 0.25) is 0 Å². The molecule has 12 heavy (non-hydrogen) atoms. The molecule has 2 heteroatoms. The zero-order valence-corrected chi connectivity index (χ0v) is 10.7. The highest BCUT2D eigenvalue weighted by Crippen LogP contribution is 2.29. The highest BCUT2D eigenvalue weighted by molar-refractivity contribution is 7.19. The van der Waals surface area contributed by atoms with Gasteiger partial charge in [-0.2, -0.15) is 11.1 Å². The van der Waals surface area contributed by atoms with Gasteiger partial charge in [0.05, 0.1) is 0 Å². The summed E-state index contributed by atoms with van der Waals surface area (Å²) in [6, 6.07) is 0. The van der Waals surface area contributed by atoms with Crippen molar-refractivity contribution in [3.05, 3.63) is 0 Å². The first kappa shape index (κ1) is 12.5. The van der Waals surface area contributed by atoms with Gasteiger partial charge in [-0.05, 0) is 5.54 Å². The Bertz CT molecular complexity index is 107. The van der Waals surface area contributed by atoms with Gasteiger partial charge in [-0.3, -0.25) is 0 Å². The minimum Gasteiger partial charge on any atom is -0.167 e. The summed E-state index contributed by atoms with van der Waals surface area (Å²) in [4.78, 5) is 0. The van der Waals surface area contributed by atoms with E-state index in [1.54, 1.807) is 0 Å². The second-order valence-corrected chi connectivity index (χ2v) is 11.4. The Morgan fingerprint density at radius 3 is 2.17 bits per heavy atom. The number of unbranched alkanes of at least 4 members (excludes halogenated alkanes) is 3. The van der Waals surface area contributed by atoms with Gasteiger partial charge < -0.3 is 0 Å². The summed E-state index contributed by atoms with van der Waals surface area (Å²) in [5, 5.41) is 0. The molecule has 0 aromatic carbocycles. The molecule has 0 aromatic heterocycles. The van der Waals surface area contributed by atoms with Gasteiger partial charge in [0.15, 0.2) is 7.38 Å². The van der Waals surface area contributed by atoms with Crippen molar-refractivity contribution >= 4 is 18.5 Å². The third kappa shape index (κ3) is 6.07. The van der Waals surface area contributed by atoms with Crippen LogP contribution in [-0.4, -0.2) is 7.38 Å². The smallest absolute Gasteiger partial charge is 0.153 e. The van der Waals surface area contributed by atoms with Crippen LogP contribution in [0.2, 0.25) is 18.6 Å². The van der Waals surface area contributed by atoms with Crippen molar-refractivity contribution in [3.63, 3.8) is 0 Å². The summed E-state index contributed by atoms with van der Waals surface area (Å²) < 4.78 is 0. The topological polar surface area (TPSA) is 0 Å². The van der Waals surface area contributed by atoms with Crippen LogP contribution in [-0.2, 0) is 0 Å². The molecule has 0 aliphatic carbocycles. The maximum atomic E-state index is 6.34. The molecule has 0 rings (SSSR count). The Kier molecular flexibility index (Phi) is 6.29. The fourth-order valence-corrected chi connectivity index (χ4v) is 2.44.